The number of aromatic hydroxyl groups is 3. The molecule has 10 aliphatic rings. The molecule has 26 atom stereocenters. The van der Waals surface area contributed by atoms with Crippen LogP contribution >= 0.6 is 23.2 Å². The van der Waals surface area contributed by atoms with E-state index in [0.717, 1.165) is 111 Å². The number of carboxylic acid groups (broad SMARTS) is 1. The van der Waals surface area contributed by atoms with Crippen molar-refractivity contribution < 1.29 is 167 Å². The van der Waals surface area contributed by atoms with Crippen molar-refractivity contribution in [1.29, 1.82) is 0 Å². The lowest BCUT2D eigenvalue weighted by Crippen LogP contribution is -2.65. The molecule has 1 aliphatic carbocycles. The van der Waals surface area contributed by atoms with E-state index in [-0.39, 0.29) is 39.8 Å². The van der Waals surface area contributed by atoms with Crippen molar-refractivity contribution in [2.75, 3.05) is 19.8 Å². The van der Waals surface area contributed by atoms with Gasteiger partial charge in [0.1, 0.15) is 150 Å². The summed E-state index contributed by atoms with van der Waals surface area (Å²) < 4.78 is 57.4. The third-order valence-corrected chi connectivity index (χ3v) is 24.4. The molecule has 26 N–H and O–H groups in total. The fourth-order valence-electron chi connectivity index (χ4n) is 16.8. The van der Waals surface area contributed by atoms with E-state index in [2.05, 4.69) is 42.5 Å². The van der Waals surface area contributed by atoms with Crippen LogP contribution in [0.1, 0.15) is 134 Å². The molecule has 6 aromatic rings. The summed E-state index contributed by atoms with van der Waals surface area (Å²) in [6, 6.07) is -2.32. The highest BCUT2D eigenvalue weighted by Crippen LogP contribution is 2.51. The molecule has 8 amide bonds. The summed E-state index contributed by atoms with van der Waals surface area (Å²) in [5.41, 5.74) is 3.59. The Bertz CT molecular complexity index is 5480. The van der Waals surface area contributed by atoms with Gasteiger partial charge in [-0.1, -0.05) is 92.2 Å². The number of unbranched alkanes of at least 4 members (excludes halogenated alkanes) is 3. The quantitative estimate of drug-likeness (QED) is 0.0409. The lowest BCUT2D eigenvalue weighted by molar-refractivity contribution is -0.284. The van der Waals surface area contributed by atoms with Gasteiger partial charge in [0.15, 0.2) is 35.3 Å². The Morgan fingerprint density at radius 1 is 0.549 bits per heavy atom. The van der Waals surface area contributed by atoms with Crippen LogP contribution in [0.25, 0.3) is 0 Å². The van der Waals surface area contributed by atoms with Gasteiger partial charge in [0.2, 0.25) is 65.6 Å². The van der Waals surface area contributed by atoms with Crippen LogP contribution < -0.4 is 72.0 Å². The number of phenols is 3. The van der Waals surface area contributed by atoms with Gasteiger partial charge in [-0.2, -0.15) is 0 Å². The average molecular weight is 1900 g/mol. The van der Waals surface area contributed by atoms with Crippen LogP contribution in [0.4, 0.5) is 0 Å². The van der Waals surface area contributed by atoms with Gasteiger partial charge < -0.3 is 173 Å². The first-order chi connectivity index (χ1) is 63.4. The number of benzene rings is 6. The number of halogens is 2. The van der Waals surface area contributed by atoms with Crippen molar-refractivity contribution in [3.63, 3.8) is 0 Å². The van der Waals surface area contributed by atoms with Crippen molar-refractivity contribution in [1.82, 2.24) is 42.5 Å². The molecule has 133 heavy (non-hydrogen) atoms. The first-order valence-corrected chi connectivity index (χ1v) is 43.2. The molecule has 17 bridgehead atoms. The predicted octanol–water partition coefficient (Wildman–Crippen LogP) is -0.970. The number of aliphatic hydroxyl groups is 12. The predicted molar refractivity (Wildman–Crippen MR) is 454 cm³/mol. The number of nitrogens with one attached hydrogen (secondary N) is 8. The number of ether oxygens (including phenoxy) is 9. The zero-order chi connectivity index (χ0) is 95.6. The van der Waals surface area contributed by atoms with Crippen molar-refractivity contribution in [3.05, 3.63) is 170 Å². The minimum absolute atomic E-state index is 0.0209. The molecule has 45 heteroatoms. The van der Waals surface area contributed by atoms with Gasteiger partial charge in [-0.3, -0.25) is 38.4 Å². The molecule has 0 aromatic heterocycles. The topological polar surface area (TPSA) is 683 Å². The van der Waals surface area contributed by atoms with Gasteiger partial charge in [0.25, 0.3) is 0 Å². The summed E-state index contributed by atoms with van der Waals surface area (Å²) in [5, 5.41) is 201. The minimum atomic E-state index is -2.59. The number of amides is 8. The first-order valence-electron chi connectivity index (χ1n) is 42.4. The summed E-state index contributed by atoms with van der Waals surface area (Å²) in [7, 11) is 0. The number of fused-ring (bicyclic) bond motifs is 13. The molecule has 26 unspecified atom stereocenters. The average Bonchev–Trinajstić information content (AvgIpc) is 0.782. The highest BCUT2D eigenvalue weighted by Gasteiger charge is 2.53. The van der Waals surface area contributed by atoms with E-state index in [0.29, 0.717) is 12.8 Å². The van der Waals surface area contributed by atoms with Gasteiger partial charge in [-0.15, -0.1) is 0 Å². The number of carboxylic acids is 1. The number of carbonyl (C=O) groups excluding carboxylic acids is 8. The summed E-state index contributed by atoms with van der Waals surface area (Å²) >= 11 is 14.7. The van der Waals surface area contributed by atoms with Crippen molar-refractivity contribution in [2.24, 2.45) is 5.73 Å². The fraction of sp³-hybridized carbons (Fsp3) is 0.443. The number of hydrogen-bond acceptors (Lipinski definition) is 34. The third-order valence-electron chi connectivity index (χ3n) is 23.9. The SMILES string of the molecule is CCCCCCC(O)CCC(=O)NC1C(Oc2c3cc4cc2Oc2ccc(cc2Cl)C(OC2OC(CO)C(O)C(O)C2NC(C)=O)C2NC(=O)C(NC(=O)C4NC(=O)C4NC(=O)C(Cc5ccc(c(Cl)c5)O3)NC(=O)C(N)c3ccc(O)c(c3)Oc3cc(O)cc4c3)C3=CC(c4c(OC5OC(CO)C(O)C(O)C5O)cc(O)cc4C(C(=O)O)NC2=O)C(O)C=C3)OC(CO)C(O)C1O. The maximum atomic E-state index is 17.0. The molecule has 0 radical (unpaired) electrons. The molecule has 43 nitrogen and oxygen atoms in total. The molecule has 6 aromatic carbocycles. The smallest absolute Gasteiger partial charge is 0.330 e. The van der Waals surface area contributed by atoms with Crippen molar-refractivity contribution in [3.8, 4) is 63.2 Å². The first kappa shape index (κ1) is 97.4. The summed E-state index contributed by atoms with van der Waals surface area (Å²) in [6.45, 7) is -0.207. The van der Waals surface area contributed by atoms with Crippen molar-refractivity contribution in [2.45, 2.75) is 224 Å². The number of rotatable bonds is 20. The van der Waals surface area contributed by atoms with E-state index >= 15 is 24.0 Å². The van der Waals surface area contributed by atoms with Crippen LogP contribution in [0, 0.1) is 0 Å². The second kappa shape index (κ2) is 41.4. The largest absolute Gasteiger partial charge is 0.508 e. The Balaban J connectivity index is 1.03. The Morgan fingerprint density at radius 3 is 1.77 bits per heavy atom. The number of nitrogens with two attached hydrogens (primary N) is 1. The van der Waals surface area contributed by atoms with E-state index in [1.54, 1.807) is 0 Å². The zero-order valence-corrected chi connectivity index (χ0v) is 72.1. The number of aliphatic hydroxyl groups excluding tert-OH is 12. The van der Waals surface area contributed by atoms with Gasteiger partial charge in [0, 0.05) is 43.4 Å². The molecule has 16 rings (SSSR count). The number of hydrogen-bond donors (Lipinski definition) is 25. The van der Waals surface area contributed by atoms with E-state index in [9.17, 15) is 101 Å². The lowest BCUT2D eigenvalue weighted by Gasteiger charge is -2.44. The number of aliphatic carboxylic acids is 1. The molecule has 9 aliphatic heterocycles. The van der Waals surface area contributed by atoms with Gasteiger partial charge in [-0.25, -0.2) is 4.79 Å². The van der Waals surface area contributed by atoms with Crippen LogP contribution in [-0.4, -0.2) is 277 Å². The molecular weight excluding hydrogens is 1800 g/mol. The standard InChI is InChI=1S/C88H99Cl2N9O34/c1-3-4-5-6-7-40(104)12-17-60(109)94-68-74(114)71(111)58(31-101)130-87(68)133-78-55-25-39-26-56(78)127-52-16-11-37(23-47(52)90)77(132-86-67(92-33(2)103)73(113)70(110)57(30-100)129-86)69-84(122)98-66(85(123)124)45-28-42(106)29-54(128-88-76(116)75(115)72(112)59(32-102)131-88)61(45)44-22-36(10-13-49(44)107)63(81(119)99-69)96-83(121)65(39)97-82(120)64-38-20-41(105)27-43(21-38)125-53-24-35(9-14-50(53)108)62(91)80(118)93-48(79(117)95-64)19-34-8-15-51(126-55)46(89)18-34/h8-11,13-16,18,20-29,40,44,48-49,57-59,62-77,86-88,100-102,104-108,110-116H,3-7,12,17,19,30-32,91H2,1-2H3,(H,92,103)(H,93,118)(H,94,109)(H,95,117)(H,96,121)(H,97,120)(H,98,122)(H,99,119)(H,123,124). The molecule has 0 spiro atoms. The zero-order valence-electron chi connectivity index (χ0n) is 70.6. The van der Waals surface area contributed by atoms with Crippen LogP contribution in [0.3, 0.4) is 0 Å². The molecule has 3 fully saturated rings. The minimum Gasteiger partial charge on any atom is -0.508 e. The van der Waals surface area contributed by atoms with E-state index in [1.807, 2.05) is 6.92 Å². The number of carbonyl (C=O) groups is 9. The maximum Gasteiger partial charge on any atom is 0.330 e. The molecule has 9 heterocycles. The fourth-order valence-corrected chi connectivity index (χ4v) is 17.3. The second-order valence-corrected chi connectivity index (χ2v) is 34.0. The molecule has 0 saturated carbocycles. The summed E-state index contributed by atoms with van der Waals surface area (Å²) in [5.74, 6) is -20.8. The lowest BCUT2D eigenvalue weighted by atomic mass is 9.80. The van der Waals surface area contributed by atoms with Crippen LogP contribution in [0.2, 0.25) is 10.0 Å². The monoisotopic (exact) mass is 1900 g/mol. The highest BCUT2D eigenvalue weighted by atomic mass is 35.5. The van der Waals surface area contributed by atoms with Gasteiger partial charge in [0.05, 0.1) is 42.1 Å². The van der Waals surface area contributed by atoms with Gasteiger partial charge in [-0.05, 0) is 119 Å². The Labute approximate surface area is 765 Å². The second-order valence-electron chi connectivity index (χ2n) is 33.2. The third kappa shape index (κ3) is 21.3. The van der Waals surface area contributed by atoms with Crippen LogP contribution in [0.15, 0.2) is 121 Å². The van der Waals surface area contributed by atoms with Crippen molar-refractivity contribution >= 4 is 76.4 Å². The van der Waals surface area contributed by atoms with E-state index in [1.165, 1.54) is 30.3 Å². The summed E-state index contributed by atoms with van der Waals surface area (Å²) in [4.78, 5) is 138. The molecular formula is C88H99Cl2N9O34. The maximum absolute atomic E-state index is 17.0. The van der Waals surface area contributed by atoms with Gasteiger partial charge >= 0.3 is 5.97 Å². The highest BCUT2D eigenvalue weighted by molar-refractivity contribution is 6.32. The summed E-state index contributed by atoms with van der Waals surface area (Å²) in [6.07, 6.45) is -26.3. The Kier molecular flexibility index (Phi) is 30.3. The Morgan fingerprint density at radius 2 is 1.14 bits per heavy atom. The van der Waals surface area contributed by atoms with Crippen LogP contribution in [-0.2, 0) is 68.5 Å². The molecule has 714 valence electrons. The normalized spacial score (nSPS) is 30.7. The number of phenolic OH excluding ortho intramolecular Hbond substituents is 3. The van der Waals surface area contributed by atoms with Crippen LogP contribution in [0.5, 0.6) is 63.2 Å². The van der Waals surface area contributed by atoms with E-state index in [4.69, 9.17) is 71.6 Å². The molecule has 3 saturated heterocycles. The Hall–Kier alpha value is -11.7. The van der Waals surface area contributed by atoms with E-state index < -0.39 is 329 Å².